The third kappa shape index (κ3) is 3.06. The van der Waals surface area contributed by atoms with Gasteiger partial charge in [-0.05, 0) is 49.8 Å². The molecule has 1 aromatic carbocycles. The molecule has 0 unspecified atom stereocenters. The van der Waals surface area contributed by atoms with Gasteiger partial charge >= 0.3 is 0 Å². The van der Waals surface area contributed by atoms with Crippen molar-refractivity contribution < 1.29 is 13.2 Å². The maximum Gasteiger partial charge on any atom is 0.232 e. The summed E-state index contributed by atoms with van der Waals surface area (Å²) in [7, 11) is -1.71. The number of H-pyrrole nitrogens is 1. The van der Waals surface area contributed by atoms with Crippen molar-refractivity contribution in [2.45, 2.75) is 32.6 Å². The molecule has 1 aromatic heterocycles. The van der Waals surface area contributed by atoms with E-state index in [1.165, 1.54) is 0 Å². The first-order valence-electron chi connectivity index (χ1n) is 7.77. The minimum Gasteiger partial charge on any atom is -0.496 e. The lowest BCUT2D eigenvalue weighted by molar-refractivity contribution is 0.406. The van der Waals surface area contributed by atoms with Gasteiger partial charge in [-0.25, -0.2) is 13.4 Å². The highest BCUT2D eigenvalue weighted by Gasteiger charge is 2.24. The van der Waals surface area contributed by atoms with E-state index in [2.05, 4.69) is 14.7 Å². The summed E-state index contributed by atoms with van der Waals surface area (Å²) in [6.45, 7) is 1.63. The van der Waals surface area contributed by atoms with Crippen LogP contribution in [-0.2, 0) is 22.9 Å². The number of methoxy groups -OCH3 is 1. The molecule has 0 atom stereocenters. The molecule has 7 heteroatoms. The van der Waals surface area contributed by atoms with Crippen LogP contribution in [0, 0.1) is 0 Å². The number of aromatic nitrogens is 2. The molecule has 6 nitrogen and oxygen atoms in total. The molecule has 2 N–H and O–H groups in total. The summed E-state index contributed by atoms with van der Waals surface area (Å²) >= 11 is 0. The number of rotatable bonds is 5. The van der Waals surface area contributed by atoms with Gasteiger partial charge in [-0.1, -0.05) is 0 Å². The van der Waals surface area contributed by atoms with Gasteiger partial charge in [0.15, 0.2) is 0 Å². The molecule has 23 heavy (non-hydrogen) atoms. The number of fused-ring (bicyclic) bond motifs is 1. The Kier molecular flexibility index (Phi) is 4.30. The number of anilines is 1. The van der Waals surface area contributed by atoms with Crippen LogP contribution in [0.3, 0.4) is 0 Å². The Balaban J connectivity index is 2.25. The summed E-state index contributed by atoms with van der Waals surface area (Å²) in [5, 5.41) is 0. The third-order valence-corrected chi connectivity index (χ3v) is 5.53. The Hall–Kier alpha value is -2.02. The average molecular weight is 335 g/mol. The lowest BCUT2D eigenvalue weighted by atomic mass is 9.87. The van der Waals surface area contributed by atoms with Crippen molar-refractivity contribution in [2.75, 3.05) is 17.6 Å². The molecule has 0 bridgehead atoms. The van der Waals surface area contributed by atoms with E-state index in [0.717, 1.165) is 53.8 Å². The Labute approximate surface area is 136 Å². The van der Waals surface area contributed by atoms with Gasteiger partial charge in [-0.3, -0.25) is 4.72 Å². The number of aromatic amines is 1. The predicted molar refractivity (Wildman–Crippen MR) is 90.3 cm³/mol. The minimum absolute atomic E-state index is 0.0379. The van der Waals surface area contributed by atoms with Gasteiger partial charge in [-0.2, -0.15) is 0 Å². The first-order chi connectivity index (χ1) is 11.1. The highest BCUT2D eigenvalue weighted by Crippen LogP contribution is 2.41. The lowest BCUT2D eigenvalue weighted by Crippen LogP contribution is -2.19. The Morgan fingerprint density at radius 2 is 2.04 bits per heavy atom. The SMILES string of the molecule is CCS(=O)(=O)Nc1c(-c2cnc[nH]2)cc(OC)c2c1CCCC2. The third-order valence-electron chi connectivity index (χ3n) is 4.26. The summed E-state index contributed by atoms with van der Waals surface area (Å²) < 4.78 is 32.6. The van der Waals surface area contributed by atoms with Crippen LogP contribution in [0.1, 0.15) is 30.9 Å². The molecule has 3 rings (SSSR count). The monoisotopic (exact) mass is 335 g/mol. The van der Waals surface area contributed by atoms with Gasteiger partial charge in [0.1, 0.15) is 5.75 Å². The van der Waals surface area contributed by atoms with E-state index in [1.54, 1.807) is 26.6 Å². The maximum atomic E-state index is 12.2. The Bertz CT molecular complexity index is 798. The summed E-state index contributed by atoms with van der Waals surface area (Å²) in [5.41, 5.74) is 4.35. The van der Waals surface area contributed by atoms with Crippen LogP contribution in [0.5, 0.6) is 5.75 Å². The van der Waals surface area contributed by atoms with E-state index in [1.807, 2.05) is 6.07 Å². The molecule has 0 radical (unpaired) electrons. The molecule has 2 aromatic rings. The molecule has 0 aliphatic heterocycles. The molecule has 124 valence electrons. The second kappa shape index (κ2) is 6.23. The average Bonchev–Trinajstić information content (AvgIpc) is 3.09. The number of benzene rings is 1. The number of imidazole rings is 1. The fourth-order valence-corrected chi connectivity index (χ4v) is 3.74. The zero-order valence-electron chi connectivity index (χ0n) is 13.3. The van der Waals surface area contributed by atoms with Gasteiger partial charge in [0.2, 0.25) is 10.0 Å². The fraction of sp³-hybridized carbons (Fsp3) is 0.438. The topological polar surface area (TPSA) is 84.1 Å². The van der Waals surface area contributed by atoms with Crippen molar-refractivity contribution in [1.82, 2.24) is 9.97 Å². The predicted octanol–water partition coefficient (Wildman–Crippen LogP) is 2.73. The normalized spacial score (nSPS) is 14.3. The van der Waals surface area contributed by atoms with Crippen molar-refractivity contribution in [1.29, 1.82) is 0 Å². The van der Waals surface area contributed by atoms with E-state index in [-0.39, 0.29) is 5.75 Å². The highest BCUT2D eigenvalue weighted by atomic mass is 32.2. The first-order valence-corrected chi connectivity index (χ1v) is 9.43. The molecule has 0 saturated heterocycles. The van der Waals surface area contributed by atoms with E-state index in [4.69, 9.17) is 4.74 Å². The van der Waals surface area contributed by atoms with E-state index < -0.39 is 10.0 Å². The molecule has 0 spiro atoms. The number of ether oxygens (including phenoxy) is 1. The number of nitrogens with zero attached hydrogens (tertiary/aromatic N) is 1. The second-order valence-electron chi connectivity index (χ2n) is 5.64. The summed E-state index contributed by atoms with van der Waals surface area (Å²) in [6, 6.07) is 1.89. The van der Waals surface area contributed by atoms with Crippen LogP contribution in [0.4, 0.5) is 5.69 Å². The van der Waals surface area contributed by atoms with E-state index >= 15 is 0 Å². The molecule has 0 saturated carbocycles. The zero-order valence-corrected chi connectivity index (χ0v) is 14.2. The van der Waals surface area contributed by atoms with Crippen molar-refractivity contribution in [2.24, 2.45) is 0 Å². The van der Waals surface area contributed by atoms with Crippen molar-refractivity contribution >= 4 is 15.7 Å². The molecule has 1 aliphatic carbocycles. The van der Waals surface area contributed by atoms with Gasteiger partial charge in [0, 0.05) is 5.56 Å². The minimum atomic E-state index is -3.36. The van der Waals surface area contributed by atoms with E-state index in [0.29, 0.717) is 5.69 Å². The number of nitrogens with one attached hydrogen (secondary N) is 2. The van der Waals surface area contributed by atoms with Crippen molar-refractivity contribution in [3.8, 4) is 17.0 Å². The zero-order chi connectivity index (χ0) is 16.4. The van der Waals surface area contributed by atoms with Crippen LogP contribution < -0.4 is 9.46 Å². The van der Waals surface area contributed by atoms with Crippen molar-refractivity contribution in [3.63, 3.8) is 0 Å². The Morgan fingerprint density at radius 3 is 2.65 bits per heavy atom. The number of sulfonamides is 1. The molecule has 1 aliphatic rings. The van der Waals surface area contributed by atoms with E-state index in [9.17, 15) is 8.42 Å². The molecular weight excluding hydrogens is 314 g/mol. The fourth-order valence-electron chi connectivity index (χ4n) is 3.05. The van der Waals surface area contributed by atoms with Crippen LogP contribution in [0.2, 0.25) is 0 Å². The van der Waals surface area contributed by atoms with Gasteiger partial charge in [0.25, 0.3) is 0 Å². The smallest absolute Gasteiger partial charge is 0.232 e. The maximum absolute atomic E-state index is 12.2. The number of hydrogen-bond donors (Lipinski definition) is 2. The Morgan fingerprint density at radius 1 is 1.30 bits per heavy atom. The molecule has 0 amide bonds. The highest BCUT2D eigenvalue weighted by molar-refractivity contribution is 7.92. The van der Waals surface area contributed by atoms with Gasteiger partial charge in [0.05, 0.1) is 36.8 Å². The molecular formula is C16H21N3O3S. The van der Waals surface area contributed by atoms with Crippen LogP contribution >= 0.6 is 0 Å². The number of hydrogen-bond acceptors (Lipinski definition) is 4. The van der Waals surface area contributed by atoms with Crippen LogP contribution in [0.15, 0.2) is 18.6 Å². The van der Waals surface area contributed by atoms with Crippen molar-refractivity contribution in [3.05, 3.63) is 29.7 Å². The largest absolute Gasteiger partial charge is 0.496 e. The quantitative estimate of drug-likeness (QED) is 0.880. The molecule has 1 heterocycles. The summed E-state index contributed by atoms with van der Waals surface area (Å²) in [6.07, 6.45) is 7.15. The first kappa shape index (κ1) is 15.9. The van der Waals surface area contributed by atoms with Gasteiger partial charge < -0.3 is 9.72 Å². The summed E-state index contributed by atoms with van der Waals surface area (Å²) in [4.78, 5) is 7.10. The van der Waals surface area contributed by atoms with Gasteiger partial charge in [-0.15, -0.1) is 0 Å². The van der Waals surface area contributed by atoms with Crippen LogP contribution in [0.25, 0.3) is 11.3 Å². The second-order valence-corrected chi connectivity index (χ2v) is 7.65. The lowest BCUT2D eigenvalue weighted by Gasteiger charge is -2.25. The molecule has 0 fully saturated rings. The summed E-state index contributed by atoms with van der Waals surface area (Å²) in [5.74, 6) is 0.847. The standard InChI is InChI=1S/C16H21N3O3S/c1-3-23(20,21)19-16-12-7-5-4-6-11(12)15(22-2)8-13(16)14-9-17-10-18-14/h8-10,19H,3-7H2,1-2H3,(H,17,18). The van der Waals surface area contributed by atoms with Crippen LogP contribution in [-0.4, -0.2) is 31.2 Å².